The maximum Gasteiger partial charge on any atom is 0.256 e. The van der Waals surface area contributed by atoms with E-state index in [1.165, 1.54) is 31.4 Å². The normalized spacial score (nSPS) is 15.9. The molecule has 3 N–H and O–H groups in total. The summed E-state index contributed by atoms with van der Waals surface area (Å²) in [7, 11) is 0. The van der Waals surface area contributed by atoms with E-state index in [-0.39, 0.29) is 5.91 Å². The number of piperidine rings is 1. The van der Waals surface area contributed by atoms with Gasteiger partial charge in [0.1, 0.15) is 11.4 Å². The van der Waals surface area contributed by atoms with Crippen molar-refractivity contribution in [3.8, 4) is 0 Å². The van der Waals surface area contributed by atoms with Gasteiger partial charge in [0.05, 0.1) is 0 Å². The average Bonchev–Trinajstić information content (AvgIpc) is 2.92. The van der Waals surface area contributed by atoms with Gasteiger partial charge >= 0.3 is 0 Å². The number of anilines is 2. The van der Waals surface area contributed by atoms with Gasteiger partial charge in [-0.05, 0) is 50.3 Å². The van der Waals surface area contributed by atoms with Crippen LogP contribution >= 0.6 is 0 Å². The first-order chi connectivity index (χ1) is 17.7. The van der Waals surface area contributed by atoms with E-state index in [2.05, 4.69) is 49.9 Å². The lowest BCUT2D eigenvalue weighted by atomic mass is 10.0. The lowest BCUT2D eigenvalue weighted by Crippen LogP contribution is -2.38. The Kier molecular flexibility index (Phi) is 9.68. The molecule has 1 atom stereocenters. The molecule has 1 aliphatic heterocycles. The third-order valence-corrected chi connectivity index (χ3v) is 6.72. The zero-order chi connectivity index (χ0) is 25.0. The second-order valence-corrected chi connectivity index (χ2v) is 9.45. The molecule has 1 aromatic heterocycles. The molecule has 1 aliphatic rings. The number of amides is 1. The van der Waals surface area contributed by atoms with E-state index in [1.54, 1.807) is 6.20 Å². The van der Waals surface area contributed by atoms with Crippen molar-refractivity contribution in [3.05, 3.63) is 83.6 Å². The number of nitrogens with zero attached hydrogens (tertiary/aromatic N) is 3. The average molecular weight is 487 g/mol. The minimum Gasteiger partial charge on any atom is -0.369 e. The van der Waals surface area contributed by atoms with Crippen LogP contribution in [-0.4, -0.2) is 53.0 Å². The van der Waals surface area contributed by atoms with Crippen molar-refractivity contribution in [2.24, 2.45) is 0 Å². The van der Waals surface area contributed by atoms with Gasteiger partial charge in [-0.3, -0.25) is 4.79 Å². The second kappa shape index (κ2) is 13.6. The van der Waals surface area contributed by atoms with Gasteiger partial charge in [0.15, 0.2) is 0 Å². The standard InChI is InChI=1S/C29H38N6O/c1-23-11-8-9-19-35(23)20-10-17-31-29-33-22-26(28(36)32-21-25-14-6-3-7-15-25)27(34-29)30-18-16-24-12-4-2-5-13-24/h2-7,12-15,22-23H,8-11,16-21H2,1H3,(H,32,36)(H2,30,31,33,34). The lowest BCUT2D eigenvalue weighted by molar-refractivity contribution is 0.0951. The molecule has 4 rings (SSSR count). The largest absolute Gasteiger partial charge is 0.369 e. The molecule has 1 unspecified atom stereocenters. The fourth-order valence-corrected chi connectivity index (χ4v) is 4.58. The van der Waals surface area contributed by atoms with Gasteiger partial charge in [-0.2, -0.15) is 4.98 Å². The quantitative estimate of drug-likeness (QED) is 0.321. The highest BCUT2D eigenvalue weighted by Gasteiger charge is 2.18. The summed E-state index contributed by atoms with van der Waals surface area (Å²) >= 11 is 0. The number of hydrogen-bond acceptors (Lipinski definition) is 6. The molecule has 0 aliphatic carbocycles. The van der Waals surface area contributed by atoms with E-state index in [4.69, 9.17) is 0 Å². The van der Waals surface area contributed by atoms with E-state index in [1.807, 2.05) is 48.5 Å². The molecule has 7 nitrogen and oxygen atoms in total. The smallest absolute Gasteiger partial charge is 0.256 e. The predicted octanol–water partition coefficient (Wildman–Crippen LogP) is 4.74. The molecule has 7 heteroatoms. The molecule has 0 bridgehead atoms. The summed E-state index contributed by atoms with van der Waals surface area (Å²) < 4.78 is 0. The highest BCUT2D eigenvalue weighted by atomic mass is 16.1. The molecule has 1 amide bonds. The molecule has 0 saturated carbocycles. The Morgan fingerprint density at radius 2 is 1.72 bits per heavy atom. The molecule has 0 radical (unpaired) electrons. The minimum atomic E-state index is -0.188. The van der Waals surface area contributed by atoms with E-state index >= 15 is 0 Å². The number of likely N-dealkylation sites (tertiary alicyclic amines) is 1. The van der Waals surface area contributed by atoms with Crippen molar-refractivity contribution in [2.45, 2.75) is 51.6 Å². The lowest BCUT2D eigenvalue weighted by Gasteiger charge is -2.33. The number of benzene rings is 2. The first-order valence-corrected chi connectivity index (χ1v) is 13.1. The van der Waals surface area contributed by atoms with Crippen LogP contribution in [0.4, 0.5) is 11.8 Å². The molecule has 190 valence electrons. The molecular formula is C29H38N6O. The Balaban J connectivity index is 1.36. The molecule has 2 heterocycles. The van der Waals surface area contributed by atoms with Gasteiger partial charge in [-0.1, -0.05) is 67.1 Å². The van der Waals surface area contributed by atoms with E-state index in [0.29, 0.717) is 36.5 Å². The summed E-state index contributed by atoms with van der Waals surface area (Å²) in [5.74, 6) is 0.911. The Labute approximate surface area is 214 Å². The summed E-state index contributed by atoms with van der Waals surface area (Å²) in [6.45, 7) is 6.53. The minimum absolute atomic E-state index is 0.188. The number of nitrogens with one attached hydrogen (secondary N) is 3. The monoisotopic (exact) mass is 486 g/mol. The molecular weight excluding hydrogens is 448 g/mol. The van der Waals surface area contributed by atoms with Gasteiger partial charge in [0, 0.05) is 38.4 Å². The van der Waals surface area contributed by atoms with Gasteiger partial charge < -0.3 is 20.9 Å². The fraction of sp³-hybridized carbons (Fsp3) is 0.414. The van der Waals surface area contributed by atoms with Crippen LogP contribution in [0, 0.1) is 0 Å². The van der Waals surface area contributed by atoms with Crippen LogP contribution in [0.2, 0.25) is 0 Å². The Morgan fingerprint density at radius 3 is 2.47 bits per heavy atom. The molecule has 2 aromatic carbocycles. The van der Waals surface area contributed by atoms with Crippen molar-refractivity contribution in [3.63, 3.8) is 0 Å². The Hall–Kier alpha value is -3.45. The number of aromatic nitrogens is 2. The molecule has 1 saturated heterocycles. The van der Waals surface area contributed by atoms with E-state index in [9.17, 15) is 4.79 Å². The first kappa shape index (κ1) is 25.6. The molecule has 3 aromatic rings. The Bertz CT molecular complexity index is 1080. The van der Waals surface area contributed by atoms with Crippen LogP contribution in [0.5, 0.6) is 0 Å². The van der Waals surface area contributed by atoms with E-state index < -0.39 is 0 Å². The maximum atomic E-state index is 13.0. The Morgan fingerprint density at radius 1 is 0.972 bits per heavy atom. The fourth-order valence-electron chi connectivity index (χ4n) is 4.58. The summed E-state index contributed by atoms with van der Waals surface area (Å²) in [6, 6.07) is 20.8. The first-order valence-electron chi connectivity index (χ1n) is 13.1. The SMILES string of the molecule is CC1CCCCN1CCCNc1ncc(C(=O)NCc2ccccc2)c(NCCc2ccccc2)n1. The number of carbonyl (C=O) groups excluding carboxylic acids is 1. The van der Waals surface area contributed by atoms with Crippen LogP contribution in [0.3, 0.4) is 0 Å². The molecule has 0 spiro atoms. The summed E-state index contributed by atoms with van der Waals surface area (Å²) in [6.07, 6.45) is 7.42. The van der Waals surface area contributed by atoms with Crippen molar-refractivity contribution >= 4 is 17.7 Å². The highest BCUT2D eigenvalue weighted by molar-refractivity contribution is 5.98. The number of hydrogen-bond donors (Lipinski definition) is 3. The van der Waals surface area contributed by atoms with Crippen LogP contribution in [0.1, 0.15) is 54.1 Å². The van der Waals surface area contributed by atoms with Crippen LogP contribution in [0.25, 0.3) is 0 Å². The van der Waals surface area contributed by atoms with Crippen molar-refractivity contribution in [2.75, 3.05) is 36.8 Å². The van der Waals surface area contributed by atoms with E-state index in [0.717, 1.165) is 31.5 Å². The van der Waals surface area contributed by atoms with Crippen molar-refractivity contribution < 1.29 is 4.79 Å². The predicted molar refractivity (Wildman–Crippen MR) is 146 cm³/mol. The summed E-state index contributed by atoms with van der Waals surface area (Å²) in [5, 5.41) is 9.71. The summed E-state index contributed by atoms with van der Waals surface area (Å²) in [4.78, 5) is 24.7. The highest BCUT2D eigenvalue weighted by Crippen LogP contribution is 2.17. The zero-order valence-corrected chi connectivity index (χ0v) is 21.2. The second-order valence-electron chi connectivity index (χ2n) is 9.45. The molecule has 1 fully saturated rings. The zero-order valence-electron chi connectivity index (χ0n) is 21.2. The van der Waals surface area contributed by atoms with Crippen molar-refractivity contribution in [1.29, 1.82) is 0 Å². The van der Waals surface area contributed by atoms with Gasteiger partial charge in [-0.15, -0.1) is 0 Å². The third kappa shape index (κ3) is 7.78. The number of rotatable bonds is 12. The third-order valence-electron chi connectivity index (χ3n) is 6.72. The van der Waals surface area contributed by atoms with Crippen LogP contribution < -0.4 is 16.0 Å². The van der Waals surface area contributed by atoms with Gasteiger partial charge in [0.2, 0.25) is 5.95 Å². The summed E-state index contributed by atoms with van der Waals surface area (Å²) in [5.41, 5.74) is 2.73. The van der Waals surface area contributed by atoms with Crippen LogP contribution in [0.15, 0.2) is 66.9 Å². The van der Waals surface area contributed by atoms with Crippen molar-refractivity contribution in [1.82, 2.24) is 20.2 Å². The number of carbonyl (C=O) groups is 1. The maximum absolute atomic E-state index is 13.0. The topological polar surface area (TPSA) is 82.2 Å². The van der Waals surface area contributed by atoms with Gasteiger partial charge in [0.25, 0.3) is 5.91 Å². The van der Waals surface area contributed by atoms with Crippen LogP contribution in [-0.2, 0) is 13.0 Å². The molecule has 36 heavy (non-hydrogen) atoms. The van der Waals surface area contributed by atoms with Gasteiger partial charge in [-0.25, -0.2) is 4.98 Å².